The van der Waals surface area contributed by atoms with E-state index >= 15 is 0 Å². The van der Waals surface area contributed by atoms with Crippen LogP contribution in [0.5, 0.6) is 11.5 Å². The van der Waals surface area contributed by atoms with E-state index in [0.29, 0.717) is 16.3 Å². The zero-order chi connectivity index (χ0) is 18.5. The average Bonchev–Trinajstić information content (AvgIpc) is 2.66. The van der Waals surface area contributed by atoms with Gasteiger partial charge in [-0.15, -0.1) is 0 Å². The molecule has 0 amide bonds. The maximum Gasteiger partial charge on any atom is 0.344 e. The van der Waals surface area contributed by atoms with Crippen LogP contribution in [0.3, 0.4) is 0 Å². The molecule has 0 N–H and O–H groups in total. The minimum atomic E-state index is -0.462. The lowest BCUT2D eigenvalue weighted by atomic mass is 10.2. The number of nitrogens with zero attached hydrogens (tertiary/aromatic N) is 1. The Balaban J connectivity index is 1.63. The predicted octanol–water partition coefficient (Wildman–Crippen LogP) is 4.62. The number of rotatable bonds is 6. The van der Waals surface area contributed by atoms with Crippen molar-refractivity contribution in [3.8, 4) is 11.5 Å². The van der Waals surface area contributed by atoms with E-state index in [-0.39, 0.29) is 13.2 Å². The van der Waals surface area contributed by atoms with E-state index in [1.54, 1.807) is 25.4 Å². The lowest BCUT2D eigenvalue weighted by molar-refractivity contribution is -0.147. The first kappa shape index (κ1) is 18.7. The van der Waals surface area contributed by atoms with Crippen LogP contribution in [0.25, 0.3) is 10.9 Å². The van der Waals surface area contributed by atoms with E-state index in [1.165, 1.54) is 0 Å². The van der Waals surface area contributed by atoms with E-state index in [4.69, 9.17) is 25.8 Å². The number of hydrogen-bond acceptors (Lipinski definition) is 5. The second-order valence-corrected chi connectivity index (χ2v) is 6.94. The van der Waals surface area contributed by atoms with Gasteiger partial charge in [-0.05, 0) is 58.5 Å². The molecule has 0 bridgehead atoms. The number of ether oxygens (including phenoxy) is 3. The molecule has 0 fully saturated rings. The Morgan fingerprint density at radius 1 is 1.23 bits per heavy atom. The summed E-state index contributed by atoms with van der Waals surface area (Å²) in [5.74, 6) is 0.808. The van der Waals surface area contributed by atoms with Crippen molar-refractivity contribution < 1.29 is 19.0 Å². The third kappa shape index (κ3) is 4.37. The molecule has 1 heterocycles. The van der Waals surface area contributed by atoms with Crippen LogP contribution in [-0.4, -0.2) is 24.7 Å². The molecular weight excluding hydrogens is 469 g/mol. The van der Waals surface area contributed by atoms with Gasteiger partial charge in [-0.1, -0.05) is 23.7 Å². The molecule has 5 nitrogen and oxygen atoms in total. The Kier molecular flexibility index (Phi) is 6.16. The van der Waals surface area contributed by atoms with Crippen LogP contribution < -0.4 is 9.47 Å². The Morgan fingerprint density at radius 2 is 2.00 bits per heavy atom. The molecule has 3 aromatic rings. The maximum atomic E-state index is 12.0. The number of methoxy groups -OCH3 is 1. The molecule has 26 heavy (non-hydrogen) atoms. The fourth-order valence-electron chi connectivity index (χ4n) is 2.34. The molecule has 0 aliphatic rings. The summed E-state index contributed by atoms with van der Waals surface area (Å²) in [7, 11) is 1.60. The van der Waals surface area contributed by atoms with Gasteiger partial charge >= 0.3 is 5.97 Å². The van der Waals surface area contributed by atoms with Crippen molar-refractivity contribution in [2.24, 2.45) is 0 Å². The Labute approximate surface area is 169 Å². The van der Waals surface area contributed by atoms with Gasteiger partial charge in [0, 0.05) is 11.6 Å². The summed E-state index contributed by atoms with van der Waals surface area (Å²) in [6.07, 6.45) is 1.66. The van der Waals surface area contributed by atoms with Crippen molar-refractivity contribution in [1.82, 2.24) is 4.98 Å². The third-order valence-electron chi connectivity index (χ3n) is 3.64. The monoisotopic (exact) mass is 483 g/mol. The third-order valence-corrected chi connectivity index (χ3v) is 4.76. The first-order chi connectivity index (χ1) is 12.6. The molecule has 0 atom stereocenters. The SMILES string of the molecule is COc1ccc(COC(=O)COc2c(I)cc(Cl)c3cccnc23)cc1. The molecule has 134 valence electrons. The first-order valence-electron chi connectivity index (χ1n) is 7.72. The summed E-state index contributed by atoms with van der Waals surface area (Å²) in [6.45, 7) is -0.0393. The number of benzene rings is 2. The minimum absolute atomic E-state index is 0.170. The normalized spacial score (nSPS) is 10.6. The smallest absolute Gasteiger partial charge is 0.344 e. The van der Waals surface area contributed by atoms with Crippen LogP contribution in [0.2, 0.25) is 5.02 Å². The van der Waals surface area contributed by atoms with E-state index in [1.807, 2.05) is 30.3 Å². The van der Waals surface area contributed by atoms with Crippen LogP contribution in [0, 0.1) is 3.57 Å². The van der Waals surface area contributed by atoms with Crippen molar-refractivity contribution in [3.63, 3.8) is 0 Å². The van der Waals surface area contributed by atoms with Crippen molar-refractivity contribution >= 4 is 51.1 Å². The van der Waals surface area contributed by atoms with Crippen LogP contribution in [0.1, 0.15) is 5.56 Å². The van der Waals surface area contributed by atoms with Gasteiger partial charge in [0.2, 0.25) is 0 Å². The van der Waals surface area contributed by atoms with Crippen molar-refractivity contribution in [2.45, 2.75) is 6.61 Å². The standard InChI is InChI=1S/C19H15ClINO4/c1-24-13-6-4-12(5-7-13)10-25-17(23)11-26-19-16(21)9-15(20)14-3-2-8-22-18(14)19/h2-9H,10-11H2,1H3. The number of esters is 1. The molecule has 1 aromatic heterocycles. The lowest BCUT2D eigenvalue weighted by Gasteiger charge is -2.12. The summed E-state index contributed by atoms with van der Waals surface area (Å²) in [5, 5.41) is 1.36. The van der Waals surface area contributed by atoms with Gasteiger partial charge in [0.1, 0.15) is 17.9 Å². The van der Waals surface area contributed by atoms with Crippen LogP contribution in [0.15, 0.2) is 48.7 Å². The van der Waals surface area contributed by atoms with Gasteiger partial charge in [-0.2, -0.15) is 0 Å². The van der Waals surface area contributed by atoms with Crippen LogP contribution in [0.4, 0.5) is 0 Å². The highest BCUT2D eigenvalue weighted by Gasteiger charge is 2.14. The molecule has 0 aliphatic carbocycles. The highest BCUT2D eigenvalue weighted by Crippen LogP contribution is 2.34. The molecule has 3 rings (SSSR count). The number of hydrogen-bond donors (Lipinski definition) is 0. The first-order valence-corrected chi connectivity index (χ1v) is 9.18. The fraction of sp³-hybridized carbons (Fsp3) is 0.158. The molecular formula is C19H15ClINO4. The highest BCUT2D eigenvalue weighted by atomic mass is 127. The maximum absolute atomic E-state index is 12.0. The zero-order valence-electron chi connectivity index (χ0n) is 13.9. The second-order valence-electron chi connectivity index (χ2n) is 5.37. The van der Waals surface area contributed by atoms with Crippen molar-refractivity contribution in [3.05, 3.63) is 62.8 Å². The van der Waals surface area contributed by atoms with Gasteiger partial charge in [-0.25, -0.2) is 4.79 Å². The minimum Gasteiger partial charge on any atom is -0.497 e. The Bertz CT molecular complexity index is 931. The van der Waals surface area contributed by atoms with Gasteiger partial charge in [0.05, 0.1) is 15.7 Å². The molecule has 0 saturated carbocycles. The number of pyridine rings is 1. The molecule has 2 aromatic carbocycles. The van der Waals surface area contributed by atoms with E-state index in [9.17, 15) is 4.79 Å². The number of carbonyl (C=O) groups excluding carboxylic acids is 1. The molecule has 0 unspecified atom stereocenters. The van der Waals surface area contributed by atoms with Crippen molar-refractivity contribution in [1.29, 1.82) is 0 Å². The molecule has 7 heteroatoms. The lowest BCUT2D eigenvalue weighted by Crippen LogP contribution is -2.15. The largest absolute Gasteiger partial charge is 0.497 e. The number of fused-ring (bicyclic) bond motifs is 1. The summed E-state index contributed by atoms with van der Waals surface area (Å²) in [5.41, 5.74) is 1.49. The molecule has 0 spiro atoms. The molecule has 0 aliphatic heterocycles. The van der Waals surface area contributed by atoms with E-state index in [2.05, 4.69) is 27.6 Å². The predicted molar refractivity (Wildman–Crippen MR) is 108 cm³/mol. The van der Waals surface area contributed by atoms with Crippen LogP contribution >= 0.6 is 34.2 Å². The van der Waals surface area contributed by atoms with Gasteiger partial charge in [0.25, 0.3) is 0 Å². The second kappa shape index (κ2) is 8.55. The number of halogens is 2. The number of carbonyl (C=O) groups is 1. The summed E-state index contributed by atoms with van der Waals surface area (Å²) in [4.78, 5) is 16.3. The zero-order valence-corrected chi connectivity index (χ0v) is 16.8. The van der Waals surface area contributed by atoms with Crippen LogP contribution in [-0.2, 0) is 16.1 Å². The van der Waals surface area contributed by atoms with E-state index < -0.39 is 5.97 Å². The molecule has 0 radical (unpaired) electrons. The van der Waals surface area contributed by atoms with Gasteiger partial charge < -0.3 is 14.2 Å². The molecule has 0 saturated heterocycles. The van der Waals surface area contributed by atoms with Gasteiger partial charge in [-0.3, -0.25) is 4.98 Å². The topological polar surface area (TPSA) is 57.7 Å². The highest BCUT2D eigenvalue weighted by molar-refractivity contribution is 14.1. The Hall–Kier alpha value is -2.06. The average molecular weight is 484 g/mol. The summed E-state index contributed by atoms with van der Waals surface area (Å²) < 4.78 is 16.8. The van der Waals surface area contributed by atoms with Crippen molar-refractivity contribution in [2.75, 3.05) is 13.7 Å². The Morgan fingerprint density at radius 3 is 2.73 bits per heavy atom. The number of aromatic nitrogens is 1. The summed E-state index contributed by atoms with van der Waals surface area (Å²) >= 11 is 8.34. The van der Waals surface area contributed by atoms with E-state index in [0.717, 1.165) is 20.3 Å². The van der Waals surface area contributed by atoms with Gasteiger partial charge in [0.15, 0.2) is 12.4 Å². The fourth-order valence-corrected chi connectivity index (χ4v) is 3.51. The summed E-state index contributed by atoms with van der Waals surface area (Å²) in [6, 6.07) is 12.7. The quantitative estimate of drug-likeness (QED) is 0.378.